The molecule has 5 nitrogen and oxygen atoms in total. The van der Waals surface area contributed by atoms with Crippen LogP contribution in [0.15, 0.2) is 48.0 Å². The maximum absolute atomic E-state index is 13.1. The summed E-state index contributed by atoms with van der Waals surface area (Å²) in [4.78, 5) is 37.8. The van der Waals surface area contributed by atoms with Gasteiger partial charge in [0.25, 0.3) is 11.8 Å². The average molecular weight is 437 g/mol. The largest absolute Gasteiger partial charge is 0.416 e. The maximum atomic E-state index is 13.1. The van der Waals surface area contributed by atoms with Crippen LogP contribution < -0.4 is 10.2 Å². The number of nitrogens with one attached hydrogen (secondary N) is 1. The van der Waals surface area contributed by atoms with Crippen LogP contribution in [-0.4, -0.2) is 17.8 Å². The predicted octanol–water partition coefficient (Wildman–Crippen LogP) is 5.15. The molecule has 1 aliphatic rings. The van der Waals surface area contributed by atoms with Gasteiger partial charge in [0, 0.05) is 0 Å². The van der Waals surface area contributed by atoms with Gasteiger partial charge in [-0.05, 0) is 41.3 Å². The van der Waals surface area contributed by atoms with Crippen molar-refractivity contribution in [2.24, 2.45) is 0 Å². The van der Waals surface area contributed by atoms with Crippen LogP contribution in [-0.2, 0) is 15.8 Å². The number of carbonyl (C=O) groups excluding carboxylic acids is 3. The Morgan fingerprint density at radius 1 is 1.03 bits per heavy atom. The number of rotatable bonds is 3. The molecule has 0 radical (unpaired) electrons. The Morgan fingerprint density at radius 3 is 2.23 bits per heavy atom. The van der Waals surface area contributed by atoms with Gasteiger partial charge >= 0.3 is 12.2 Å². The number of halogens is 4. The van der Waals surface area contributed by atoms with Crippen molar-refractivity contribution in [3.8, 4) is 0 Å². The van der Waals surface area contributed by atoms with Crippen molar-refractivity contribution in [3.63, 3.8) is 0 Å². The molecule has 0 bridgehead atoms. The second-order valence-corrected chi connectivity index (χ2v) is 7.35. The minimum absolute atomic E-state index is 0.249. The van der Waals surface area contributed by atoms with E-state index < -0.39 is 40.8 Å². The zero-order valence-electron chi connectivity index (χ0n) is 15.9. The van der Waals surface area contributed by atoms with Gasteiger partial charge in [0.05, 0.1) is 16.3 Å². The summed E-state index contributed by atoms with van der Waals surface area (Å²) in [7, 11) is 0. The van der Waals surface area contributed by atoms with Crippen LogP contribution in [0.1, 0.15) is 36.5 Å². The number of hydrogen-bond donors (Lipinski definition) is 1. The molecular formula is C21H16ClF3N2O3. The van der Waals surface area contributed by atoms with Crippen LogP contribution in [0.4, 0.5) is 23.7 Å². The first-order valence-electron chi connectivity index (χ1n) is 8.87. The van der Waals surface area contributed by atoms with Gasteiger partial charge in [0.1, 0.15) is 5.57 Å². The van der Waals surface area contributed by atoms with Crippen LogP contribution in [0.5, 0.6) is 0 Å². The van der Waals surface area contributed by atoms with Crippen LogP contribution in [0.25, 0.3) is 6.08 Å². The lowest BCUT2D eigenvalue weighted by Gasteiger charge is -2.27. The third-order valence-corrected chi connectivity index (χ3v) is 4.85. The monoisotopic (exact) mass is 436 g/mol. The maximum Gasteiger partial charge on any atom is 0.416 e. The van der Waals surface area contributed by atoms with E-state index in [-0.39, 0.29) is 10.9 Å². The zero-order valence-corrected chi connectivity index (χ0v) is 16.6. The Bertz CT molecular complexity index is 1060. The predicted molar refractivity (Wildman–Crippen MR) is 106 cm³/mol. The first-order valence-corrected chi connectivity index (χ1v) is 9.25. The first kappa shape index (κ1) is 21.6. The molecule has 2 aromatic rings. The Kier molecular flexibility index (Phi) is 5.72. The third-order valence-electron chi connectivity index (χ3n) is 4.53. The Morgan fingerprint density at radius 2 is 1.67 bits per heavy atom. The highest BCUT2D eigenvalue weighted by atomic mass is 35.5. The fourth-order valence-corrected chi connectivity index (χ4v) is 3.08. The van der Waals surface area contributed by atoms with Crippen LogP contribution in [0.2, 0.25) is 5.02 Å². The lowest BCUT2D eigenvalue weighted by Crippen LogP contribution is -2.54. The van der Waals surface area contributed by atoms with E-state index in [1.54, 1.807) is 12.1 Å². The lowest BCUT2D eigenvalue weighted by molar-refractivity contribution is -0.137. The van der Waals surface area contributed by atoms with Crippen LogP contribution >= 0.6 is 11.6 Å². The minimum atomic E-state index is -4.71. The van der Waals surface area contributed by atoms with Gasteiger partial charge in [-0.15, -0.1) is 0 Å². The molecule has 4 amide bonds. The summed E-state index contributed by atoms with van der Waals surface area (Å²) >= 11 is 5.96. The molecular weight excluding hydrogens is 421 g/mol. The molecule has 3 rings (SSSR count). The molecule has 0 aromatic heterocycles. The van der Waals surface area contributed by atoms with Gasteiger partial charge in [0.2, 0.25) is 0 Å². The van der Waals surface area contributed by atoms with Gasteiger partial charge in [-0.1, -0.05) is 49.7 Å². The van der Waals surface area contributed by atoms with Crippen molar-refractivity contribution in [1.82, 2.24) is 5.32 Å². The summed E-state index contributed by atoms with van der Waals surface area (Å²) in [6.45, 7) is 4.02. The van der Waals surface area contributed by atoms with Crippen molar-refractivity contribution in [1.29, 1.82) is 0 Å². The van der Waals surface area contributed by atoms with E-state index in [1.807, 2.05) is 31.3 Å². The van der Waals surface area contributed by atoms with Crippen molar-refractivity contribution >= 4 is 41.2 Å². The SMILES string of the molecule is CC(C)c1ccc(/C=C2\C(=O)NC(=O)N(c3cc(C(F)(F)F)ccc3Cl)C2=O)cc1. The molecule has 1 aliphatic heterocycles. The summed E-state index contributed by atoms with van der Waals surface area (Å²) in [6, 6.07) is 8.12. The summed E-state index contributed by atoms with van der Waals surface area (Å²) < 4.78 is 39.2. The highest BCUT2D eigenvalue weighted by Crippen LogP contribution is 2.36. The van der Waals surface area contributed by atoms with Crippen LogP contribution in [0, 0.1) is 0 Å². The number of anilines is 1. The van der Waals surface area contributed by atoms with Crippen molar-refractivity contribution < 1.29 is 27.6 Å². The molecule has 1 saturated heterocycles. The number of carbonyl (C=O) groups is 3. The van der Waals surface area contributed by atoms with Gasteiger partial charge in [-0.2, -0.15) is 13.2 Å². The average Bonchev–Trinajstić information content (AvgIpc) is 2.66. The summed E-state index contributed by atoms with van der Waals surface area (Å²) in [5.41, 5.74) is -0.399. The molecule has 9 heteroatoms. The van der Waals surface area contributed by atoms with E-state index in [0.29, 0.717) is 16.5 Å². The molecule has 0 unspecified atom stereocenters. The van der Waals surface area contributed by atoms with Gasteiger partial charge in [-0.25, -0.2) is 9.69 Å². The fraction of sp³-hybridized carbons (Fsp3) is 0.190. The second-order valence-electron chi connectivity index (χ2n) is 6.94. The second kappa shape index (κ2) is 7.95. The van der Waals surface area contributed by atoms with Crippen molar-refractivity contribution in [3.05, 3.63) is 69.8 Å². The van der Waals surface area contributed by atoms with Crippen LogP contribution in [0.3, 0.4) is 0 Å². The molecule has 0 saturated carbocycles. The summed E-state index contributed by atoms with van der Waals surface area (Å²) in [6.07, 6.45) is -3.44. The molecule has 2 aromatic carbocycles. The van der Waals surface area contributed by atoms with Crippen molar-refractivity contribution in [2.45, 2.75) is 25.9 Å². The smallest absolute Gasteiger partial charge is 0.273 e. The molecule has 1 N–H and O–H groups in total. The number of hydrogen-bond acceptors (Lipinski definition) is 3. The molecule has 30 heavy (non-hydrogen) atoms. The quantitative estimate of drug-likeness (QED) is 0.534. The number of benzene rings is 2. The van der Waals surface area contributed by atoms with E-state index in [9.17, 15) is 27.6 Å². The number of alkyl halides is 3. The Hall–Kier alpha value is -3.13. The highest BCUT2D eigenvalue weighted by molar-refractivity contribution is 6.42. The number of imide groups is 2. The van der Waals surface area contributed by atoms with Gasteiger partial charge in [-0.3, -0.25) is 14.9 Å². The highest BCUT2D eigenvalue weighted by Gasteiger charge is 2.39. The molecule has 0 atom stereocenters. The topological polar surface area (TPSA) is 66.5 Å². The van der Waals surface area contributed by atoms with Crippen molar-refractivity contribution in [2.75, 3.05) is 4.90 Å². The Balaban J connectivity index is 2.03. The number of urea groups is 1. The van der Waals surface area contributed by atoms with E-state index in [0.717, 1.165) is 17.7 Å². The normalized spacial score (nSPS) is 16.4. The van der Waals surface area contributed by atoms with Gasteiger partial charge < -0.3 is 0 Å². The van der Waals surface area contributed by atoms with E-state index in [4.69, 9.17) is 11.6 Å². The minimum Gasteiger partial charge on any atom is -0.273 e. The number of nitrogens with zero attached hydrogens (tertiary/aromatic N) is 1. The van der Waals surface area contributed by atoms with E-state index >= 15 is 0 Å². The molecule has 0 aliphatic carbocycles. The molecule has 1 heterocycles. The fourth-order valence-electron chi connectivity index (χ4n) is 2.88. The van der Waals surface area contributed by atoms with E-state index in [1.165, 1.54) is 6.08 Å². The molecule has 156 valence electrons. The zero-order chi connectivity index (χ0) is 22.2. The number of barbiturate groups is 1. The summed E-state index contributed by atoms with van der Waals surface area (Å²) in [5, 5.41) is 1.71. The summed E-state index contributed by atoms with van der Waals surface area (Å²) in [5.74, 6) is -1.74. The van der Waals surface area contributed by atoms with E-state index in [2.05, 4.69) is 0 Å². The number of amides is 4. The first-order chi connectivity index (χ1) is 14.0. The van der Waals surface area contributed by atoms with Gasteiger partial charge in [0.15, 0.2) is 0 Å². The Labute approximate surface area is 175 Å². The third kappa shape index (κ3) is 4.23. The molecule has 0 spiro atoms. The molecule has 1 fully saturated rings. The standard InChI is InChI=1S/C21H16ClF3N2O3/c1-11(2)13-5-3-12(4-6-13)9-15-18(28)26-20(30)27(19(15)29)17-10-14(21(23,24)25)7-8-16(17)22/h3-11H,1-2H3,(H,26,28,30)/b15-9+. The lowest BCUT2D eigenvalue weighted by atomic mass is 10.0.